The van der Waals surface area contributed by atoms with E-state index in [1.165, 1.54) is 0 Å². The van der Waals surface area contributed by atoms with Crippen molar-refractivity contribution < 1.29 is 49.4 Å². The summed E-state index contributed by atoms with van der Waals surface area (Å²) in [5.41, 5.74) is 12.0. The van der Waals surface area contributed by atoms with E-state index in [1.54, 1.807) is 51.8 Å². The van der Waals surface area contributed by atoms with Crippen LogP contribution in [0.5, 0.6) is 0 Å². The van der Waals surface area contributed by atoms with Crippen LogP contribution in [0.15, 0.2) is 61.7 Å². The monoisotopic (exact) mass is 1270 g/mol. The molecule has 26 nitrogen and oxygen atoms in total. The number of piperidine rings is 4. The Morgan fingerprint density at radius 3 is 1.46 bits per heavy atom. The minimum Gasteiger partial charge on any atom is -0.444 e. The molecule has 4 aliphatic rings. The molecule has 0 aromatic carbocycles. The number of ketones is 1. The van der Waals surface area contributed by atoms with Crippen LogP contribution in [-0.4, -0.2) is 196 Å². The van der Waals surface area contributed by atoms with Gasteiger partial charge in [-0.25, -0.2) is 19.6 Å². The van der Waals surface area contributed by atoms with Gasteiger partial charge >= 0.3 is 12.2 Å². The number of nitrogens with one attached hydrogen (secondary N) is 1. The van der Waals surface area contributed by atoms with Crippen molar-refractivity contribution in [3.05, 3.63) is 67.0 Å². The van der Waals surface area contributed by atoms with Gasteiger partial charge < -0.3 is 66.5 Å². The quantitative estimate of drug-likeness (QED) is 0.0807. The Morgan fingerprint density at radius 2 is 1.03 bits per heavy atom. The van der Waals surface area contributed by atoms with Gasteiger partial charge in [0.15, 0.2) is 34.0 Å². The molecule has 0 aliphatic carbocycles. The van der Waals surface area contributed by atoms with Gasteiger partial charge in [-0.3, -0.25) is 23.9 Å². The highest BCUT2D eigenvalue weighted by atomic mass is 35.5. The number of Topliss-reactive ketones (excluding diaryl/α,β-unsaturated/α-hetero) is 1. The summed E-state index contributed by atoms with van der Waals surface area (Å²) >= 11 is 5.78. The summed E-state index contributed by atoms with van der Waals surface area (Å²) in [5, 5.41) is 50.8. The predicted molar refractivity (Wildman–Crippen MR) is 347 cm³/mol. The number of hydrogen-bond acceptors (Lipinski definition) is 22. The molecular formula is C64H85ClN16O10. The lowest BCUT2D eigenvalue weighted by Crippen LogP contribution is -2.47. The number of pyridine rings is 2. The van der Waals surface area contributed by atoms with E-state index < -0.39 is 28.0 Å². The van der Waals surface area contributed by atoms with Crippen LogP contribution in [-0.2, 0) is 14.3 Å². The van der Waals surface area contributed by atoms with Crippen molar-refractivity contribution in [2.75, 3.05) is 81.9 Å². The van der Waals surface area contributed by atoms with Crippen molar-refractivity contribution in [2.45, 2.75) is 148 Å². The third kappa shape index (κ3) is 23.6. The molecule has 4 fully saturated rings. The maximum Gasteiger partial charge on any atom is 0.410 e. The number of terminal acetylenes is 1. The average molecular weight is 1270 g/mol. The SMILES string of the molecule is C#CCC.CC(C)(C)OC(=O)N1CCC(=O)CC1.CCC#CC1(O)CCN(C(=O)OC(C)(C)C)CC1.Nc1nc(Cl)nc2c1ncn2-c1ccncc1.Nc1nc(N2CCC(O)(C#CCO)CC2)nc2c1ncn2-c1ccncc1.OCC#CC1(O)CCNCC1. The number of amides is 2. The van der Waals surface area contributed by atoms with Crippen molar-refractivity contribution >= 4 is 69.5 Å². The van der Waals surface area contributed by atoms with Crippen molar-refractivity contribution in [2.24, 2.45) is 0 Å². The summed E-state index contributed by atoms with van der Waals surface area (Å²) in [4.78, 5) is 73.0. The Morgan fingerprint density at radius 1 is 0.626 bits per heavy atom. The molecule has 10 heterocycles. The number of nitrogen functional groups attached to an aromatic ring is 2. The van der Waals surface area contributed by atoms with E-state index in [-0.39, 0.29) is 42.3 Å². The first kappa shape index (κ1) is 73.0. The molecule has 0 bridgehead atoms. The number of likely N-dealkylation sites (tertiary alicyclic amines) is 2. The van der Waals surface area contributed by atoms with Gasteiger partial charge in [0.1, 0.15) is 59.7 Å². The van der Waals surface area contributed by atoms with Gasteiger partial charge in [-0.2, -0.15) is 19.9 Å². The number of aliphatic hydroxyl groups excluding tert-OH is 2. The maximum absolute atomic E-state index is 11.8. The fourth-order valence-corrected chi connectivity index (χ4v) is 9.11. The van der Waals surface area contributed by atoms with E-state index in [1.807, 2.05) is 89.1 Å². The highest BCUT2D eigenvalue weighted by Gasteiger charge is 2.35. The number of nitrogens with two attached hydrogens (primary N) is 2. The van der Waals surface area contributed by atoms with Gasteiger partial charge in [0, 0.05) is 115 Å². The van der Waals surface area contributed by atoms with Crippen molar-refractivity contribution in [1.29, 1.82) is 0 Å². The van der Waals surface area contributed by atoms with E-state index >= 15 is 0 Å². The van der Waals surface area contributed by atoms with Crippen LogP contribution in [0.25, 0.3) is 33.7 Å². The largest absolute Gasteiger partial charge is 0.444 e. The van der Waals surface area contributed by atoms with Gasteiger partial charge in [0.25, 0.3) is 0 Å². The van der Waals surface area contributed by atoms with E-state index in [0.29, 0.717) is 125 Å². The van der Waals surface area contributed by atoms with Crippen molar-refractivity contribution in [1.82, 2.24) is 64.1 Å². The summed E-state index contributed by atoms with van der Waals surface area (Å²) in [6.07, 6.45) is 19.9. The van der Waals surface area contributed by atoms with Gasteiger partial charge in [0.2, 0.25) is 11.2 Å². The normalized spacial score (nSPS) is 16.2. The zero-order valence-electron chi connectivity index (χ0n) is 53.1. The number of halogens is 1. The number of aromatic nitrogens is 10. The molecule has 0 spiro atoms. The number of anilines is 3. The molecule has 10 N–H and O–H groups in total. The Kier molecular flexibility index (Phi) is 27.7. The molecule has 6 aromatic heterocycles. The van der Waals surface area contributed by atoms with Crippen LogP contribution in [0.2, 0.25) is 5.28 Å². The molecule has 0 unspecified atom stereocenters. The number of nitrogens with zero attached hydrogens (tertiary/aromatic N) is 13. The first-order valence-electron chi connectivity index (χ1n) is 29.9. The molecule has 10 rings (SSSR count). The second kappa shape index (κ2) is 34.5. The second-order valence-corrected chi connectivity index (χ2v) is 23.5. The summed E-state index contributed by atoms with van der Waals surface area (Å²) in [5.74, 6) is 19.9. The molecule has 27 heteroatoms. The summed E-state index contributed by atoms with van der Waals surface area (Å²) < 4.78 is 14.1. The Bertz CT molecular complexity index is 3560. The number of carbonyl (C=O) groups is 3. The second-order valence-electron chi connectivity index (χ2n) is 23.2. The first-order chi connectivity index (χ1) is 43.2. The van der Waals surface area contributed by atoms with Crippen LogP contribution in [0.3, 0.4) is 0 Å². The minimum absolute atomic E-state index is 0.103. The third-order valence-corrected chi connectivity index (χ3v) is 13.9. The number of fused-ring (bicyclic) bond motifs is 2. The molecule has 4 saturated heterocycles. The van der Waals surface area contributed by atoms with E-state index in [9.17, 15) is 29.7 Å². The summed E-state index contributed by atoms with van der Waals surface area (Å²) in [6.45, 7) is 19.1. The molecule has 0 saturated carbocycles. The van der Waals surface area contributed by atoms with Crippen LogP contribution in [0.4, 0.5) is 27.2 Å². The molecule has 91 heavy (non-hydrogen) atoms. The molecule has 0 radical (unpaired) electrons. The molecule has 488 valence electrons. The Balaban J connectivity index is 0.000000210. The number of carbonyl (C=O) groups excluding carboxylic acids is 3. The highest BCUT2D eigenvalue weighted by Crippen LogP contribution is 2.29. The Hall–Kier alpha value is -8.70. The number of hydrogen-bond donors (Lipinski definition) is 8. The smallest absolute Gasteiger partial charge is 0.410 e. The van der Waals surface area contributed by atoms with Crippen LogP contribution in [0.1, 0.15) is 120 Å². The zero-order chi connectivity index (χ0) is 66.8. The standard InChI is InChI=1S/C18H19N7O2.C14H23NO3.C10H7ClN6.C10H17NO3.C8H13NO2.C4H6/c19-15-14-16(25(12-21-14)13-2-7-20-8-3-13)23-17(22-15)24-9-5-18(27,6-10-24)4-1-11-26;1-5-6-7-14(17)8-10-15(11-9-14)12(16)18-13(2,3)4;11-10-15-8(12)7-9(16-10)17(5-14-7)6-1-3-13-4-2-6;1-10(2,3)14-9(13)11-6-4-8(12)5-7-11;10-7-1-2-8(11)3-5-9-6-4-8;1-3-4-2/h2-3,7-8,12,26-27H,5-6,9-11H2,(H2,19,22,23);17H,5,8-11H2,1-4H3;1-5H,(H2,12,15,16);4-7H2,1-3H3;9-11H,3-7H2;1H,4H2,2H3. The average Bonchev–Trinajstić information content (AvgIpc) is 2.12. The lowest BCUT2D eigenvalue weighted by molar-refractivity contribution is -0.121. The van der Waals surface area contributed by atoms with Gasteiger partial charge in [-0.1, -0.05) is 43.4 Å². The zero-order valence-corrected chi connectivity index (χ0v) is 53.9. The van der Waals surface area contributed by atoms with Crippen molar-refractivity contribution in [3.63, 3.8) is 0 Å². The minimum atomic E-state index is -1.09. The number of imidazole rings is 2. The number of rotatable bonds is 3. The molecule has 6 aromatic rings. The van der Waals surface area contributed by atoms with Gasteiger partial charge in [-0.05, 0) is 103 Å². The summed E-state index contributed by atoms with van der Waals surface area (Å²) in [6, 6.07) is 7.40. The summed E-state index contributed by atoms with van der Waals surface area (Å²) in [7, 11) is 0. The lowest BCUT2D eigenvalue weighted by Gasteiger charge is -2.35. The number of ether oxygens (including phenoxy) is 2. The first-order valence-corrected chi connectivity index (χ1v) is 30.3. The molecular weight excluding hydrogens is 1190 g/mol. The fraction of sp³-hybridized carbons (Fsp3) is 0.516. The van der Waals surface area contributed by atoms with Crippen LogP contribution < -0.4 is 21.7 Å². The lowest BCUT2D eigenvalue weighted by atomic mass is 9.92. The van der Waals surface area contributed by atoms with E-state index in [4.69, 9.17) is 49.2 Å². The fourth-order valence-electron chi connectivity index (χ4n) is 8.94. The van der Waals surface area contributed by atoms with Crippen molar-refractivity contribution in [3.8, 4) is 59.2 Å². The van der Waals surface area contributed by atoms with E-state index in [0.717, 1.165) is 37.3 Å². The molecule has 0 atom stereocenters. The van der Waals surface area contributed by atoms with E-state index in [2.05, 4.69) is 86.6 Å². The number of aliphatic hydroxyl groups is 5. The predicted octanol–water partition coefficient (Wildman–Crippen LogP) is 5.44. The molecule has 4 aliphatic heterocycles. The molecule has 2 amide bonds. The van der Waals surface area contributed by atoms with Gasteiger partial charge in [-0.15, -0.1) is 18.3 Å². The van der Waals surface area contributed by atoms with Crippen LogP contribution >= 0.6 is 11.6 Å². The van der Waals surface area contributed by atoms with Gasteiger partial charge in [0.05, 0.1) is 11.4 Å². The third-order valence-electron chi connectivity index (χ3n) is 13.7. The maximum atomic E-state index is 11.8. The van der Waals surface area contributed by atoms with Crippen LogP contribution in [0, 0.1) is 47.9 Å². The Labute approximate surface area is 536 Å². The highest BCUT2D eigenvalue weighted by molar-refractivity contribution is 6.28. The topological polar surface area (TPSA) is 358 Å².